The molecule has 0 radical (unpaired) electrons. The molecular weight excluding hydrogens is 291 g/mol. The van der Waals surface area contributed by atoms with E-state index in [1.165, 1.54) is 35.3 Å². The molecule has 0 aliphatic heterocycles. The zero-order valence-electron chi connectivity index (χ0n) is 10.4. The van der Waals surface area contributed by atoms with Crippen LogP contribution in [-0.2, 0) is 6.54 Å². The molecule has 2 aromatic rings. The number of rotatable bonds is 4. The number of ether oxygens (including phenoxy) is 1. The van der Waals surface area contributed by atoms with Crippen LogP contribution >= 0.6 is 0 Å². The molecule has 0 atom stereocenters. The maximum absolute atomic E-state index is 12.0. The van der Waals surface area contributed by atoms with E-state index >= 15 is 0 Å². The fourth-order valence-corrected chi connectivity index (χ4v) is 1.52. The van der Waals surface area contributed by atoms with E-state index in [-0.39, 0.29) is 24.0 Å². The molecule has 0 unspecified atom stereocenters. The number of hydrogen-bond acceptors (Lipinski definition) is 5. The molecule has 0 aliphatic carbocycles. The maximum atomic E-state index is 12.0. The third-order valence-corrected chi connectivity index (χ3v) is 2.37. The van der Waals surface area contributed by atoms with Gasteiger partial charge in [0.25, 0.3) is 0 Å². The smallest absolute Gasteiger partial charge is 0.409 e. The molecule has 0 spiro atoms. The van der Waals surface area contributed by atoms with Gasteiger partial charge in [0, 0.05) is 0 Å². The average Bonchev–Trinajstić information content (AvgIpc) is 2.87. The lowest BCUT2D eigenvalue weighted by atomic mass is 10.2. The Labute approximate surface area is 116 Å². The summed E-state index contributed by atoms with van der Waals surface area (Å²) in [4.78, 5) is 3.81. The van der Waals surface area contributed by atoms with E-state index in [0.717, 1.165) is 0 Å². The van der Waals surface area contributed by atoms with Gasteiger partial charge in [0.2, 0.25) is 11.7 Å². The summed E-state index contributed by atoms with van der Waals surface area (Å²) < 4.78 is 41.2. The van der Waals surface area contributed by atoms with E-state index in [0.29, 0.717) is 5.56 Å². The molecule has 1 heterocycles. The Kier molecular flexibility index (Phi) is 3.96. The number of benzene rings is 1. The van der Waals surface area contributed by atoms with Crippen LogP contribution < -0.4 is 10.5 Å². The Hall–Kier alpha value is -2.78. The summed E-state index contributed by atoms with van der Waals surface area (Å²) >= 11 is 0. The molecule has 0 saturated carbocycles. The zero-order chi connectivity index (χ0) is 15.5. The minimum absolute atomic E-state index is 0.0505. The second kappa shape index (κ2) is 5.69. The van der Waals surface area contributed by atoms with Gasteiger partial charge in [0.15, 0.2) is 0 Å². The summed E-state index contributed by atoms with van der Waals surface area (Å²) in [6.07, 6.45) is -3.36. The number of nitrogens with zero attached hydrogens (tertiary/aromatic N) is 4. The average molecular weight is 301 g/mol. The molecule has 2 rings (SSSR count). The molecular formula is C11H10F3N5O2. The number of oxime groups is 1. The lowest BCUT2D eigenvalue weighted by Crippen LogP contribution is -2.17. The third kappa shape index (κ3) is 4.09. The maximum Gasteiger partial charge on any atom is 0.573 e. The van der Waals surface area contributed by atoms with Gasteiger partial charge < -0.3 is 15.7 Å². The first-order valence-electron chi connectivity index (χ1n) is 5.59. The Morgan fingerprint density at radius 2 is 2.00 bits per heavy atom. The highest BCUT2D eigenvalue weighted by atomic mass is 19.4. The van der Waals surface area contributed by atoms with E-state index in [4.69, 9.17) is 10.9 Å². The van der Waals surface area contributed by atoms with Crippen molar-refractivity contribution in [3.63, 3.8) is 0 Å². The first kappa shape index (κ1) is 14.6. The predicted molar refractivity (Wildman–Crippen MR) is 64.8 cm³/mol. The van der Waals surface area contributed by atoms with Crippen LogP contribution in [0.1, 0.15) is 11.4 Å². The fraction of sp³-hybridized carbons (Fsp3) is 0.182. The number of halogens is 3. The predicted octanol–water partition coefficient (Wildman–Crippen LogP) is 1.32. The molecule has 7 nitrogen and oxygen atoms in total. The summed E-state index contributed by atoms with van der Waals surface area (Å²) in [5.41, 5.74) is 6.00. The van der Waals surface area contributed by atoms with Crippen LogP contribution in [0, 0.1) is 0 Å². The molecule has 10 heteroatoms. The van der Waals surface area contributed by atoms with Crippen LogP contribution in [0.2, 0.25) is 0 Å². The molecule has 0 fully saturated rings. The standard InChI is InChI=1S/C11H10F3N5O2/c12-11(13,14)21-8-3-1-7(2-4-8)5-19-6-16-10(17-19)9(15)18-20/h1-4,6,20H,5H2,(H2,15,18). The number of amidine groups is 1. The van der Waals surface area contributed by atoms with Gasteiger partial charge in [-0.3, -0.25) is 0 Å². The van der Waals surface area contributed by atoms with Gasteiger partial charge in [-0.05, 0) is 17.7 Å². The van der Waals surface area contributed by atoms with Gasteiger partial charge in [-0.1, -0.05) is 17.3 Å². The lowest BCUT2D eigenvalue weighted by Gasteiger charge is -2.09. The highest BCUT2D eigenvalue weighted by molar-refractivity contribution is 5.93. The quantitative estimate of drug-likeness (QED) is 0.384. The van der Waals surface area contributed by atoms with Crippen LogP contribution in [0.3, 0.4) is 0 Å². The lowest BCUT2D eigenvalue weighted by molar-refractivity contribution is -0.274. The van der Waals surface area contributed by atoms with Crippen molar-refractivity contribution >= 4 is 5.84 Å². The number of nitrogens with two attached hydrogens (primary N) is 1. The monoisotopic (exact) mass is 301 g/mol. The van der Waals surface area contributed by atoms with Crippen molar-refractivity contribution in [2.24, 2.45) is 10.9 Å². The number of hydrogen-bond donors (Lipinski definition) is 2. The SMILES string of the molecule is NC(=NO)c1ncn(Cc2ccc(OC(F)(F)F)cc2)n1. The zero-order valence-corrected chi connectivity index (χ0v) is 10.4. The van der Waals surface area contributed by atoms with Gasteiger partial charge in [0.05, 0.1) is 6.54 Å². The Bertz CT molecular complexity index is 636. The van der Waals surface area contributed by atoms with E-state index in [1.807, 2.05) is 0 Å². The first-order chi connectivity index (χ1) is 9.87. The van der Waals surface area contributed by atoms with E-state index < -0.39 is 6.36 Å². The number of aromatic nitrogens is 3. The van der Waals surface area contributed by atoms with Gasteiger partial charge in [-0.2, -0.15) is 0 Å². The van der Waals surface area contributed by atoms with Crippen molar-refractivity contribution in [1.29, 1.82) is 0 Å². The highest BCUT2D eigenvalue weighted by Gasteiger charge is 2.30. The Balaban J connectivity index is 2.05. The summed E-state index contributed by atoms with van der Waals surface area (Å²) in [7, 11) is 0. The van der Waals surface area contributed by atoms with Crippen LogP contribution in [-0.4, -0.2) is 32.2 Å². The van der Waals surface area contributed by atoms with Crippen molar-refractivity contribution in [2.75, 3.05) is 0 Å². The van der Waals surface area contributed by atoms with Crippen LogP contribution in [0.15, 0.2) is 35.7 Å². The molecule has 112 valence electrons. The van der Waals surface area contributed by atoms with Crippen LogP contribution in [0.4, 0.5) is 13.2 Å². The minimum Gasteiger partial charge on any atom is -0.409 e. The van der Waals surface area contributed by atoms with E-state index in [9.17, 15) is 13.2 Å². The molecule has 0 saturated heterocycles. The van der Waals surface area contributed by atoms with Crippen molar-refractivity contribution in [2.45, 2.75) is 12.9 Å². The van der Waals surface area contributed by atoms with Crippen molar-refractivity contribution < 1.29 is 23.1 Å². The summed E-state index contributed by atoms with van der Waals surface area (Å²) in [6, 6.07) is 5.33. The first-order valence-corrected chi connectivity index (χ1v) is 5.59. The summed E-state index contributed by atoms with van der Waals surface area (Å²) in [5.74, 6) is -0.487. The molecule has 1 aromatic heterocycles. The molecule has 3 N–H and O–H groups in total. The summed E-state index contributed by atoms with van der Waals surface area (Å²) in [5, 5.41) is 15.2. The Morgan fingerprint density at radius 3 is 2.57 bits per heavy atom. The molecule has 1 aromatic carbocycles. The molecule has 0 bridgehead atoms. The third-order valence-electron chi connectivity index (χ3n) is 2.37. The van der Waals surface area contributed by atoms with Gasteiger partial charge in [-0.15, -0.1) is 18.3 Å². The van der Waals surface area contributed by atoms with Crippen LogP contribution in [0.25, 0.3) is 0 Å². The van der Waals surface area contributed by atoms with Gasteiger partial charge in [-0.25, -0.2) is 9.67 Å². The topological polar surface area (TPSA) is 98.6 Å². The minimum atomic E-state index is -4.72. The number of alkyl halides is 3. The summed E-state index contributed by atoms with van der Waals surface area (Å²) in [6.45, 7) is 0.262. The molecule has 0 amide bonds. The molecule has 0 aliphatic rings. The molecule has 21 heavy (non-hydrogen) atoms. The second-order valence-electron chi connectivity index (χ2n) is 3.94. The van der Waals surface area contributed by atoms with Crippen molar-refractivity contribution in [3.05, 3.63) is 42.0 Å². The van der Waals surface area contributed by atoms with Crippen molar-refractivity contribution in [1.82, 2.24) is 14.8 Å². The Morgan fingerprint density at radius 1 is 1.33 bits per heavy atom. The van der Waals surface area contributed by atoms with E-state index in [1.54, 1.807) is 0 Å². The second-order valence-corrected chi connectivity index (χ2v) is 3.94. The normalized spacial score (nSPS) is 12.4. The fourth-order valence-electron chi connectivity index (χ4n) is 1.52. The van der Waals surface area contributed by atoms with Gasteiger partial charge >= 0.3 is 6.36 Å². The van der Waals surface area contributed by atoms with E-state index in [2.05, 4.69) is 20.0 Å². The highest BCUT2D eigenvalue weighted by Crippen LogP contribution is 2.22. The van der Waals surface area contributed by atoms with Gasteiger partial charge in [0.1, 0.15) is 12.1 Å². The van der Waals surface area contributed by atoms with Crippen molar-refractivity contribution in [3.8, 4) is 5.75 Å². The van der Waals surface area contributed by atoms with Crippen LogP contribution in [0.5, 0.6) is 5.75 Å². The largest absolute Gasteiger partial charge is 0.573 e.